The molecule has 0 saturated carbocycles. The second kappa shape index (κ2) is 5.13. The van der Waals surface area contributed by atoms with Crippen LogP contribution >= 0.6 is 0 Å². The van der Waals surface area contributed by atoms with Crippen LogP contribution in [0.3, 0.4) is 0 Å². The van der Waals surface area contributed by atoms with Crippen molar-refractivity contribution in [1.29, 1.82) is 0 Å². The van der Waals surface area contributed by atoms with Gasteiger partial charge < -0.3 is 15.4 Å². The average Bonchev–Trinajstić information content (AvgIpc) is 2.45. The topological polar surface area (TPSA) is 55.6 Å². The van der Waals surface area contributed by atoms with Crippen LogP contribution in [-0.2, 0) is 11.3 Å². The highest BCUT2D eigenvalue weighted by molar-refractivity contribution is 6.00. The maximum Gasteiger partial charge on any atom is 0.268 e. The number of nitrogen functional groups attached to an aromatic ring is 1. The Balaban J connectivity index is 2.01. The molecule has 2 aromatic carbocycles. The third kappa shape index (κ3) is 2.44. The predicted molar refractivity (Wildman–Crippen MR) is 83.3 cm³/mol. The first kappa shape index (κ1) is 13.5. The molecule has 1 aliphatic rings. The smallest absolute Gasteiger partial charge is 0.268 e. The fraction of sp³-hybridized carbons (Fsp3) is 0.235. The lowest BCUT2D eigenvalue weighted by molar-refractivity contribution is -0.125. The summed E-state index contributed by atoms with van der Waals surface area (Å²) in [5.41, 5.74) is 9.50. The Labute approximate surface area is 124 Å². The van der Waals surface area contributed by atoms with Gasteiger partial charge in [-0.2, -0.15) is 0 Å². The number of carbonyl (C=O) groups is 1. The van der Waals surface area contributed by atoms with Gasteiger partial charge in [-0.3, -0.25) is 4.79 Å². The van der Waals surface area contributed by atoms with Crippen molar-refractivity contribution in [3.8, 4) is 5.75 Å². The Morgan fingerprint density at radius 1 is 1.24 bits per heavy atom. The van der Waals surface area contributed by atoms with Crippen molar-refractivity contribution < 1.29 is 9.53 Å². The number of benzene rings is 2. The first-order chi connectivity index (χ1) is 10.1. The SMILES string of the molecule is Cc1ccccc1CN1C(=O)C(C)Oc2cc(N)ccc21. The van der Waals surface area contributed by atoms with Crippen LogP contribution in [0.1, 0.15) is 18.1 Å². The average molecular weight is 282 g/mol. The maximum atomic E-state index is 12.5. The molecule has 0 fully saturated rings. The van der Waals surface area contributed by atoms with E-state index in [0.29, 0.717) is 18.0 Å². The van der Waals surface area contributed by atoms with Crippen molar-refractivity contribution in [2.75, 3.05) is 10.6 Å². The fourth-order valence-corrected chi connectivity index (χ4v) is 2.55. The number of nitrogens with two attached hydrogens (primary N) is 1. The summed E-state index contributed by atoms with van der Waals surface area (Å²) in [7, 11) is 0. The van der Waals surface area contributed by atoms with Gasteiger partial charge in [0.2, 0.25) is 0 Å². The van der Waals surface area contributed by atoms with E-state index in [0.717, 1.165) is 11.3 Å². The number of carbonyl (C=O) groups excluding carboxylic acids is 1. The van der Waals surface area contributed by atoms with Crippen LogP contribution in [0.4, 0.5) is 11.4 Å². The molecule has 4 nitrogen and oxygen atoms in total. The normalized spacial score (nSPS) is 17.3. The Hall–Kier alpha value is -2.49. The molecule has 1 heterocycles. The zero-order chi connectivity index (χ0) is 15.0. The van der Waals surface area contributed by atoms with Crippen molar-refractivity contribution in [3.05, 3.63) is 53.6 Å². The van der Waals surface area contributed by atoms with Crippen molar-refractivity contribution in [2.24, 2.45) is 0 Å². The van der Waals surface area contributed by atoms with Gasteiger partial charge in [-0.1, -0.05) is 24.3 Å². The van der Waals surface area contributed by atoms with E-state index in [9.17, 15) is 4.79 Å². The van der Waals surface area contributed by atoms with Gasteiger partial charge in [-0.05, 0) is 37.1 Å². The molecule has 2 aromatic rings. The molecule has 1 unspecified atom stereocenters. The number of fused-ring (bicyclic) bond motifs is 1. The molecule has 108 valence electrons. The Morgan fingerprint density at radius 3 is 2.76 bits per heavy atom. The molecule has 0 spiro atoms. The van der Waals surface area contributed by atoms with E-state index in [-0.39, 0.29) is 5.91 Å². The highest BCUT2D eigenvalue weighted by atomic mass is 16.5. The molecule has 0 bridgehead atoms. The minimum absolute atomic E-state index is 0.0319. The van der Waals surface area contributed by atoms with Crippen LogP contribution in [0.15, 0.2) is 42.5 Å². The summed E-state index contributed by atoms with van der Waals surface area (Å²) < 4.78 is 5.65. The summed E-state index contributed by atoms with van der Waals surface area (Å²) in [6.07, 6.45) is -0.497. The van der Waals surface area contributed by atoms with Crippen LogP contribution in [0, 0.1) is 6.92 Å². The Morgan fingerprint density at radius 2 is 2.00 bits per heavy atom. The van der Waals surface area contributed by atoms with Gasteiger partial charge in [-0.25, -0.2) is 0 Å². The number of amides is 1. The van der Waals surface area contributed by atoms with E-state index in [4.69, 9.17) is 10.5 Å². The quantitative estimate of drug-likeness (QED) is 0.862. The molecule has 2 N–H and O–H groups in total. The van der Waals surface area contributed by atoms with E-state index < -0.39 is 6.10 Å². The lowest BCUT2D eigenvalue weighted by Crippen LogP contribution is -2.44. The van der Waals surface area contributed by atoms with Crippen LogP contribution in [0.5, 0.6) is 5.75 Å². The number of anilines is 2. The molecule has 0 radical (unpaired) electrons. The fourth-order valence-electron chi connectivity index (χ4n) is 2.55. The standard InChI is InChI=1S/C17H18N2O2/c1-11-5-3-4-6-13(11)10-19-15-8-7-14(18)9-16(15)21-12(2)17(19)20/h3-9,12H,10,18H2,1-2H3. The summed E-state index contributed by atoms with van der Waals surface area (Å²) in [5.74, 6) is 0.631. The molecule has 0 saturated heterocycles. The van der Waals surface area contributed by atoms with Crippen molar-refractivity contribution in [2.45, 2.75) is 26.5 Å². The minimum Gasteiger partial charge on any atom is -0.479 e. The van der Waals surface area contributed by atoms with Gasteiger partial charge in [-0.15, -0.1) is 0 Å². The number of nitrogens with zero attached hydrogens (tertiary/aromatic N) is 1. The van der Waals surface area contributed by atoms with Crippen molar-refractivity contribution >= 4 is 17.3 Å². The van der Waals surface area contributed by atoms with E-state index in [1.54, 1.807) is 24.0 Å². The van der Waals surface area contributed by atoms with Gasteiger partial charge in [0, 0.05) is 11.8 Å². The van der Waals surface area contributed by atoms with Crippen molar-refractivity contribution in [1.82, 2.24) is 0 Å². The molecule has 4 heteroatoms. The minimum atomic E-state index is -0.497. The molecule has 1 aliphatic heterocycles. The lowest BCUT2D eigenvalue weighted by atomic mass is 10.1. The summed E-state index contributed by atoms with van der Waals surface area (Å²) in [6.45, 7) is 4.35. The molecule has 3 rings (SSSR count). The summed E-state index contributed by atoms with van der Waals surface area (Å²) in [6, 6.07) is 13.5. The number of hydrogen-bond acceptors (Lipinski definition) is 3. The number of rotatable bonds is 2. The third-order valence-electron chi connectivity index (χ3n) is 3.78. The largest absolute Gasteiger partial charge is 0.479 e. The highest BCUT2D eigenvalue weighted by Gasteiger charge is 2.31. The summed E-state index contributed by atoms with van der Waals surface area (Å²) in [5, 5.41) is 0. The molecule has 0 aromatic heterocycles. The second-order valence-corrected chi connectivity index (χ2v) is 5.34. The molecule has 1 amide bonds. The van der Waals surface area contributed by atoms with Gasteiger partial charge >= 0.3 is 0 Å². The molecule has 0 aliphatic carbocycles. The Kier molecular flexibility index (Phi) is 3.29. The first-order valence-electron chi connectivity index (χ1n) is 6.98. The molecule has 21 heavy (non-hydrogen) atoms. The van der Waals surface area contributed by atoms with E-state index in [1.807, 2.05) is 37.3 Å². The second-order valence-electron chi connectivity index (χ2n) is 5.34. The van der Waals surface area contributed by atoms with Crippen LogP contribution in [-0.4, -0.2) is 12.0 Å². The van der Waals surface area contributed by atoms with Gasteiger partial charge in [0.25, 0.3) is 5.91 Å². The van der Waals surface area contributed by atoms with Gasteiger partial charge in [0.1, 0.15) is 5.75 Å². The van der Waals surface area contributed by atoms with Gasteiger partial charge in [0.15, 0.2) is 6.10 Å². The molecular weight excluding hydrogens is 264 g/mol. The zero-order valence-corrected chi connectivity index (χ0v) is 12.2. The third-order valence-corrected chi connectivity index (χ3v) is 3.78. The maximum absolute atomic E-state index is 12.5. The van der Waals surface area contributed by atoms with E-state index in [2.05, 4.69) is 0 Å². The first-order valence-corrected chi connectivity index (χ1v) is 6.98. The summed E-state index contributed by atoms with van der Waals surface area (Å²) in [4.78, 5) is 14.2. The Bertz CT molecular complexity index is 697. The van der Waals surface area contributed by atoms with Crippen LogP contribution in [0.25, 0.3) is 0 Å². The molecule has 1 atom stereocenters. The van der Waals surface area contributed by atoms with E-state index in [1.165, 1.54) is 5.56 Å². The van der Waals surface area contributed by atoms with E-state index >= 15 is 0 Å². The highest BCUT2D eigenvalue weighted by Crippen LogP contribution is 2.36. The monoisotopic (exact) mass is 282 g/mol. The van der Waals surface area contributed by atoms with Crippen molar-refractivity contribution in [3.63, 3.8) is 0 Å². The van der Waals surface area contributed by atoms with Crippen LogP contribution in [0.2, 0.25) is 0 Å². The number of hydrogen-bond donors (Lipinski definition) is 1. The number of aryl methyl sites for hydroxylation is 1. The van der Waals surface area contributed by atoms with Gasteiger partial charge in [0.05, 0.1) is 12.2 Å². The van der Waals surface area contributed by atoms with Crippen LogP contribution < -0.4 is 15.4 Å². The number of ether oxygens (including phenoxy) is 1. The zero-order valence-electron chi connectivity index (χ0n) is 12.2. The summed E-state index contributed by atoms with van der Waals surface area (Å²) >= 11 is 0. The predicted octanol–water partition coefficient (Wildman–Crippen LogP) is 2.89. The lowest BCUT2D eigenvalue weighted by Gasteiger charge is -2.33. The molecular formula is C17H18N2O2.